The third kappa shape index (κ3) is 2.01. The van der Waals surface area contributed by atoms with Crippen molar-refractivity contribution < 1.29 is 9.18 Å². The second kappa shape index (κ2) is 4.64. The van der Waals surface area contributed by atoms with Crippen molar-refractivity contribution in [1.82, 2.24) is 14.5 Å². The van der Waals surface area contributed by atoms with Gasteiger partial charge in [0.05, 0.1) is 5.52 Å². The third-order valence-corrected chi connectivity index (χ3v) is 2.95. The van der Waals surface area contributed by atoms with Crippen LogP contribution >= 0.6 is 0 Å². The molecule has 0 aliphatic carbocycles. The quantitative estimate of drug-likeness (QED) is 0.891. The molecule has 0 saturated heterocycles. The van der Waals surface area contributed by atoms with E-state index in [-0.39, 0.29) is 23.9 Å². The molecule has 5 nitrogen and oxygen atoms in total. The highest BCUT2D eigenvalue weighted by Crippen LogP contribution is 2.20. The van der Waals surface area contributed by atoms with Crippen molar-refractivity contribution in [2.45, 2.75) is 13.5 Å². The van der Waals surface area contributed by atoms with Crippen molar-refractivity contribution >= 4 is 22.9 Å². The van der Waals surface area contributed by atoms with Gasteiger partial charge in [0.15, 0.2) is 5.82 Å². The highest BCUT2D eigenvalue weighted by molar-refractivity contribution is 5.83. The first-order valence-electron chi connectivity index (χ1n) is 5.68. The zero-order valence-electron chi connectivity index (χ0n) is 10.4. The maximum absolute atomic E-state index is 13.5. The molecule has 0 saturated carbocycles. The van der Waals surface area contributed by atoms with E-state index in [1.54, 1.807) is 24.1 Å². The van der Waals surface area contributed by atoms with E-state index < -0.39 is 5.82 Å². The summed E-state index contributed by atoms with van der Waals surface area (Å²) in [6.07, 6.45) is 0. The molecule has 0 bridgehead atoms. The lowest BCUT2D eigenvalue weighted by molar-refractivity contribution is -0.130. The lowest BCUT2D eigenvalue weighted by Gasteiger charge is -2.15. The molecule has 0 fully saturated rings. The number of para-hydroxylation sites is 1. The predicted octanol–water partition coefficient (Wildman–Crippen LogP) is 1.24. The fourth-order valence-corrected chi connectivity index (χ4v) is 1.73. The van der Waals surface area contributed by atoms with Crippen LogP contribution in [0.5, 0.6) is 0 Å². The Balaban J connectivity index is 2.42. The second-order valence-electron chi connectivity index (χ2n) is 4.07. The number of amides is 1. The molecule has 0 spiro atoms. The van der Waals surface area contributed by atoms with Gasteiger partial charge in [-0.15, -0.1) is 0 Å². The van der Waals surface area contributed by atoms with Crippen LogP contribution in [0.4, 0.5) is 10.3 Å². The summed E-state index contributed by atoms with van der Waals surface area (Å²) in [6.45, 7) is 2.56. The molecule has 0 unspecified atom stereocenters. The summed E-state index contributed by atoms with van der Waals surface area (Å²) in [6, 6.07) is 4.59. The normalized spacial score (nSPS) is 10.8. The molecule has 96 valence electrons. The minimum atomic E-state index is -0.436. The van der Waals surface area contributed by atoms with Crippen LogP contribution in [0.2, 0.25) is 0 Å². The number of benzene rings is 1. The minimum Gasteiger partial charge on any atom is -0.369 e. The Labute approximate surface area is 104 Å². The van der Waals surface area contributed by atoms with Crippen molar-refractivity contribution in [3.05, 3.63) is 24.0 Å². The number of hydrogen-bond donors (Lipinski definition) is 1. The summed E-state index contributed by atoms with van der Waals surface area (Å²) in [5.41, 5.74) is 6.46. The number of nitrogen functional groups attached to an aromatic ring is 1. The summed E-state index contributed by atoms with van der Waals surface area (Å²) in [4.78, 5) is 17.4. The highest BCUT2D eigenvalue weighted by atomic mass is 19.1. The number of imidazole rings is 1. The molecule has 2 N–H and O–H groups in total. The summed E-state index contributed by atoms with van der Waals surface area (Å²) in [5, 5.41) is 0. The van der Waals surface area contributed by atoms with E-state index in [1.807, 2.05) is 6.92 Å². The number of nitrogens with two attached hydrogens (primary N) is 1. The van der Waals surface area contributed by atoms with Crippen LogP contribution in [0, 0.1) is 5.82 Å². The van der Waals surface area contributed by atoms with Crippen molar-refractivity contribution in [3.63, 3.8) is 0 Å². The Bertz CT molecular complexity index is 593. The predicted molar refractivity (Wildman–Crippen MR) is 67.4 cm³/mol. The molecule has 0 radical (unpaired) electrons. The van der Waals surface area contributed by atoms with E-state index in [0.717, 1.165) is 0 Å². The first kappa shape index (κ1) is 12.3. The number of hydrogen-bond acceptors (Lipinski definition) is 3. The van der Waals surface area contributed by atoms with Gasteiger partial charge in [-0.1, -0.05) is 6.07 Å². The standard InChI is InChI=1S/C12H15FN4O/c1-3-16(2)10(18)7-17-9-6-4-5-8(13)11(9)15-12(17)14/h4-6H,3,7H2,1-2H3,(H2,14,15). The molecule has 0 aliphatic rings. The largest absolute Gasteiger partial charge is 0.369 e. The van der Waals surface area contributed by atoms with Gasteiger partial charge in [0, 0.05) is 13.6 Å². The average molecular weight is 250 g/mol. The fraction of sp³-hybridized carbons (Fsp3) is 0.333. The van der Waals surface area contributed by atoms with Gasteiger partial charge in [-0.3, -0.25) is 4.79 Å². The number of carbonyl (C=O) groups excluding carboxylic acids is 1. The van der Waals surface area contributed by atoms with Gasteiger partial charge in [-0.25, -0.2) is 9.37 Å². The van der Waals surface area contributed by atoms with Crippen LogP contribution in [0.15, 0.2) is 18.2 Å². The van der Waals surface area contributed by atoms with Gasteiger partial charge >= 0.3 is 0 Å². The van der Waals surface area contributed by atoms with Crippen LogP contribution in [-0.2, 0) is 11.3 Å². The third-order valence-electron chi connectivity index (χ3n) is 2.95. The number of fused-ring (bicyclic) bond motifs is 1. The molecule has 6 heteroatoms. The zero-order valence-corrected chi connectivity index (χ0v) is 10.4. The number of halogens is 1. The molecule has 1 aromatic carbocycles. The zero-order chi connectivity index (χ0) is 13.3. The lowest BCUT2D eigenvalue weighted by atomic mass is 10.3. The topological polar surface area (TPSA) is 64.2 Å². The number of anilines is 1. The molecular formula is C12H15FN4O. The Morgan fingerprint density at radius 2 is 2.28 bits per heavy atom. The van der Waals surface area contributed by atoms with E-state index >= 15 is 0 Å². The number of aromatic nitrogens is 2. The maximum Gasteiger partial charge on any atom is 0.242 e. The second-order valence-corrected chi connectivity index (χ2v) is 4.07. The number of rotatable bonds is 3. The minimum absolute atomic E-state index is 0.0656. The van der Waals surface area contributed by atoms with E-state index in [0.29, 0.717) is 12.1 Å². The summed E-state index contributed by atoms with van der Waals surface area (Å²) in [5.74, 6) is -0.380. The molecule has 1 amide bonds. The first-order valence-corrected chi connectivity index (χ1v) is 5.68. The molecule has 1 heterocycles. The van der Waals surface area contributed by atoms with Crippen molar-refractivity contribution in [3.8, 4) is 0 Å². The van der Waals surface area contributed by atoms with E-state index in [1.165, 1.54) is 10.6 Å². The van der Waals surface area contributed by atoms with Crippen LogP contribution in [0.1, 0.15) is 6.92 Å². The molecular weight excluding hydrogens is 235 g/mol. The van der Waals surface area contributed by atoms with Gasteiger partial charge < -0.3 is 15.2 Å². The smallest absolute Gasteiger partial charge is 0.242 e. The van der Waals surface area contributed by atoms with Crippen LogP contribution in [-0.4, -0.2) is 34.0 Å². The molecule has 1 aromatic heterocycles. The summed E-state index contributed by atoms with van der Waals surface area (Å²) in [7, 11) is 1.71. The monoisotopic (exact) mass is 250 g/mol. The van der Waals surface area contributed by atoms with Crippen LogP contribution in [0.25, 0.3) is 11.0 Å². The van der Waals surface area contributed by atoms with Crippen molar-refractivity contribution in [2.24, 2.45) is 0 Å². The Morgan fingerprint density at radius 1 is 1.56 bits per heavy atom. The average Bonchev–Trinajstić information content (AvgIpc) is 2.67. The van der Waals surface area contributed by atoms with E-state index in [9.17, 15) is 9.18 Å². The fourth-order valence-electron chi connectivity index (χ4n) is 1.73. The Kier molecular flexibility index (Phi) is 3.18. The van der Waals surface area contributed by atoms with Gasteiger partial charge in [-0.2, -0.15) is 0 Å². The van der Waals surface area contributed by atoms with Crippen LogP contribution < -0.4 is 5.73 Å². The van der Waals surface area contributed by atoms with Gasteiger partial charge in [-0.05, 0) is 19.1 Å². The summed E-state index contributed by atoms with van der Waals surface area (Å²) >= 11 is 0. The SMILES string of the molecule is CCN(C)C(=O)Cn1c(N)nc2c(F)cccc21. The molecule has 0 aliphatic heterocycles. The van der Waals surface area contributed by atoms with E-state index in [2.05, 4.69) is 4.98 Å². The Hall–Kier alpha value is -2.11. The Morgan fingerprint density at radius 3 is 2.94 bits per heavy atom. The molecule has 2 aromatic rings. The van der Waals surface area contributed by atoms with Gasteiger partial charge in [0.25, 0.3) is 0 Å². The maximum atomic E-state index is 13.5. The number of likely N-dealkylation sites (N-methyl/N-ethyl adjacent to an activating group) is 1. The lowest BCUT2D eigenvalue weighted by Crippen LogP contribution is -2.30. The molecule has 2 rings (SSSR count). The highest BCUT2D eigenvalue weighted by Gasteiger charge is 2.15. The first-order chi connectivity index (χ1) is 8.54. The van der Waals surface area contributed by atoms with Crippen LogP contribution in [0.3, 0.4) is 0 Å². The summed E-state index contributed by atoms with van der Waals surface area (Å²) < 4.78 is 15.0. The molecule has 18 heavy (non-hydrogen) atoms. The number of carbonyl (C=O) groups is 1. The van der Waals surface area contributed by atoms with Crippen molar-refractivity contribution in [1.29, 1.82) is 0 Å². The van der Waals surface area contributed by atoms with Gasteiger partial charge in [0.1, 0.15) is 12.1 Å². The number of nitrogens with zero attached hydrogens (tertiary/aromatic N) is 3. The van der Waals surface area contributed by atoms with E-state index in [4.69, 9.17) is 5.73 Å². The molecule has 0 atom stereocenters. The van der Waals surface area contributed by atoms with Crippen molar-refractivity contribution in [2.75, 3.05) is 19.3 Å². The van der Waals surface area contributed by atoms with Gasteiger partial charge in [0.2, 0.25) is 11.9 Å².